The van der Waals surface area contributed by atoms with Crippen LogP contribution in [0.15, 0.2) is 36.5 Å². The van der Waals surface area contributed by atoms with Crippen molar-refractivity contribution in [3.8, 4) is 6.07 Å². The Bertz CT molecular complexity index is 676. The van der Waals surface area contributed by atoms with E-state index in [0.29, 0.717) is 12.2 Å². The van der Waals surface area contributed by atoms with E-state index < -0.39 is 4.92 Å². The first-order valence-corrected chi connectivity index (χ1v) is 5.73. The van der Waals surface area contributed by atoms with Crippen LogP contribution in [0.25, 0.3) is 0 Å². The van der Waals surface area contributed by atoms with Gasteiger partial charge >= 0.3 is 5.69 Å². The minimum atomic E-state index is -0.614. The molecule has 0 amide bonds. The molecule has 0 saturated heterocycles. The van der Waals surface area contributed by atoms with Gasteiger partial charge in [0.2, 0.25) is 5.82 Å². The van der Waals surface area contributed by atoms with Crippen LogP contribution in [0.4, 0.5) is 17.2 Å². The van der Waals surface area contributed by atoms with Crippen LogP contribution in [0.2, 0.25) is 0 Å². The predicted octanol–water partition coefficient (Wildman–Crippen LogP) is 2.06. The van der Waals surface area contributed by atoms with Gasteiger partial charge in [-0.2, -0.15) is 5.26 Å². The molecule has 0 bridgehead atoms. The SMILES string of the molecule is N#Cc1ccnc(NCc2ccc(N)cc2)c1[N+](=O)[O-]. The Morgan fingerprint density at radius 2 is 2.05 bits per heavy atom. The number of nitriles is 1. The summed E-state index contributed by atoms with van der Waals surface area (Å²) in [4.78, 5) is 14.3. The van der Waals surface area contributed by atoms with Gasteiger partial charge in [0.1, 0.15) is 11.6 Å². The Balaban J connectivity index is 2.23. The molecular formula is C13H11N5O2. The van der Waals surface area contributed by atoms with E-state index >= 15 is 0 Å². The Hall–Kier alpha value is -3.14. The van der Waals surface area contributed by atoms with Crippen molar-refractivity contribution in [2.45, 2.75) is 6.54 Å². The molecule has 7 heteroatoms. The van der Waals surface area contributed by atoms with Crippen molar-refractivity contribution >= 4 is 17.2 Å². The van der Waals surface area contributed by atoms with E-state index in [9.17, 15) is 10.1 Å². The third-order valence-electron chi connectivity index (χ3n) is 2.67. The molecule has 0 unspecified atom stereocenters. The van der Waals surface area contributed by atoms with E-state index in [0.717, 1.165) is 5.56 Å². The van der Waals surface area contributed by atoms with Crippen LogP contribution in [-0.4, -0.2) is 9.91 Å². The van der Waals surface area contributed by atoms with E-state index in [1.165, 1.54) is 12.3 Å². The largest absolute Gasteiger partial charge is 0.399 e. The topological polar surface area (TPSA) is 118 Å². The number of nitrogens with two attached hydrogens (primary N) is 1. The second-order valence-corrected chi connectivity index (χ2v) is 4.02. The fourth-order valence-corrected chi connectivity index (χ4v) is 1.68. The summed E-state index contributed by atoms with van der Waals surface area (Å²) in [5.41, 5.74) is 6.78. The highest BCUT2D eigenvalue weighted by molar-refractivity contribution is 5.64. The summed E-state index contributed by atoms with van der Waals surface area (Å²) in [6.45, 7) is 0.350. The molecule has 0 fully saturated rings. The number of nitro groups is 1. The molecule has 1 aromatic heterocycles. The van der Waals surface area contributed by atoms with Crippen LogP contribution in [0.3, 0.4) is 0 Å². The molecule has 1 heterocycles. The maximum Gasteiger partial charge on any atom is 0.328 e. The molecule has 3 N–H and O–H groups in total. The van der Waals surface area contributed by atoms with Crippen LogP contribution in [-0.2, 0) is 6.54 Å². The van der Waals surface area contributed by atoms with Crippen molar-refractivity contribution in [1.29, 1.82) is 5.26 Å². The normalized spacial score (nSPS) is 9.75. The number of rotatable bonds is 4. The molecule has 2 aromatic rings. The Morgan fingerprint density at radius 1 is 1.35 bits per heavy atom. The molecule has 1 aromatic carbocycles. The van der Waals surface area contributed by atoms with Gasteiger partial charge < -0.3 is 11.1 Å². The zero-order chi connectivity index (χ0) is 14.5. The van der Waals surface area contributed by atoms with Crippen molar-refractivity contribution in [3.63, 3.8) is 0 Å². The molecule has 0 atom stereocenters. The highest BCUT2D eigenvalue weighted by Gasteiger charge is 2.20. The van der Waals surface area contributed by atoms with E-state index in [4.69, 9.17) is 11.0 Å². The first-order chi connectivity index (χ1) is 9.61. The summed E-state index contributed by atoms with van der Waals surface area (Å²) in [7, 11) is 0. The van der Waals surface area contributed by atoms with Gasteiger partial charge in [0.25, 0.3) is 0 Å². The first kappa shape index (κ1) is 13.3. The molecule has 0 aliphatic rings. The summed E-state index contributed by atoms with van der Waals surface area (Å²) in [5.74, 6) is 0.0749. The Morgan fingerprint density at radius 3 is 2.65 bits per heavy atom. The minimum absolute atomic E-state index is 0.0233. The number of hydrogen-bond acceptors (Lipinski definition) is 6. The number of benzene rings is 1. The van der Waals surface area contributed by atoms with Crippen molar-refractivity contribution < 1.29 is 4.92 Å². The second-order valence-electron chi connectivity index (χ2n) is 4.02. The van der Waals surface area contributed by atoms with Gasteiger partial charge in [-0.05, 0) is 23.8 Å². The quantitative estimate of drug-likeness (QED) is 0.498. The lowest BCUT2D eigenvalue weighted by Crippen LogP contribution is -2.06. The fourth-order valence-electron chi connectivity index (χ4n) is 1.68. The average molecular weight is 269 g/mol. The summed E-state index contributed by atoms with van der Waals surface area (Å²) < 4.78 is 0. The van der Waals surface area contributed by atoms with Crippen LogP contribution in [0.1, 0.15) is 11.1 Å². The van der Waals surface area contributed by atoms with Crippen LogP contribution in [0, 0.1) is 21.4 Å². The maximum atomic E-state index is 11.0. The number of aromatic nitrogens is 1. The molecule has 100 valence electrons. The molecule has 7 nitrogen and oxygen atoms in total. The summed E-state index contributed by atoms with van der Waals surface area (Å²) in [6.07, 6.45) is 1.36. The first-order valence-electron chi connectivity index (χ1n) is 5.73. The van der Waals surface area contributed by atoms with Gasteiger partial charge in [-0.3, -0.25) is 10.1 Å². The van der Waals surface area contributed by atoms with Gasteiger partial charge in [0.05, 0.1) is 4.92 Å². The van der Waals surface area contributed by atoms with Gasteiger partial charge in [0.15, 0.2) is 0 Å². The van der Waals surface area contributed by atoms with Gasteiger partial charge in [-0.15, -0.1) is 0 Å². The maximum absolute atomic E-state index is 11.0. The van der Waals surface area contributed by atoms with Crippen molar-refractivity contribution in [2.24, 2.45) is 0 Å². The van der Waals surface area contributed by atoms with Gasteiger partial charge in [-0.1, -0.05) is 12.1 Å². The highest BCUT2D eigenvalue weighted by atomic mass is 16.6. The number of nitrogens with zero attached hydrogens (tertiary/aromatic N) is 3. The van der Waals surface area contributed by atoms with E-state index in [1.807, 2.05) is 12.1 Å². The molecule has 2 rings (SSSR count). The van der Waals surface area contributed by atoms with Crippen molar-refractivity contribution in [2.75, 3.05) is 11.1 Å². The van der Waals surface area contributed by atoms with Crippen molar-refractivity contribution in [1.82, 2.24) is 4.98 Å². The van der Waals surface area contributed by atoms with Crippen LogP contribution >= 0.6 is 0 Å². The molecule has 0 saturated carbocycles. The van der Waals surface area contributed by atoms with E-state index in [2.05, 4.69) is 10.3 Å². The van der Waals surface area contributed by atoms with Gasteiger partial charge in [0, 0.05) is 18.4 Å². The number of hydrogen-bond donors (Lipinski definition) is 2. The third kappa shape index (κ3) is 2.81. The molecule has 0 aliphatic carbocycles. The minimum Gasteiger partial charge on any atom is -0.399 e. The average Bonchev–Trinajstić information content (AvgIpc) is 2.46. The Labute approximate surface area is 114 Å². The number of anilines is 2. The van der Waals surface area contributed by atoms with Crippen LogP contribution in [0.5, 0.6) is 0 Å². The predicted molar refractivity (Wildman–Crippen MR) is 73.8 cm³/mol. The molecule has 0 radical (unpaired) electrons. The fraction of sp³-hybridized carbons (Fsp3) is 0.0769. The standard InChI is InChI=1S/C13H11N5O2/c14-7-10-5-6-16-13(12(10)18(19)20)17-8-9-1-3-11(15)4-2-9/h1-6H,8,15H2,(H,16,17). The third-order valence-corrected chi connectivity index (χ3v) is 2.67. The second kappa shape index (κ2) is 5.67. The zero-order valence-electron chi connectivity index (χ0n) is 10.4. The molecule has 0 spiro atoms. The molecule has 0 aliphatic heterocycles. The van der Waals surface area contributed by atoms with Crippen LogP contribution < -0.4 is 11.1 Å². The highest BCUT2D eigenvalue weighted by Crippen LogP contribution is 2.26. The Kier molecular flexibility index (Phi) is 3.77. The number of nitrogens with one attached hydrogen (secondary N) is 1. The lowest BCUT2D eigenvalue weighted by Gasteiger charge is -2.07. The lowest BCUT2D eigenvalue weighted by atomic mass is 10.2. The monoisotopic (exact) mass is 269 g/mol. The van der Waals surface area contributed by atoms with Crippen molar-refractivity contribution in [3.05, 3.63) is 57.8 Å². The smallest absolute Gasteiger partial charge is 0.328 e. The zero-order valence-corrected chi connectivity index (χ0v) is 10.4. The molecular weight excluding hydrogens is 258 g/mol. The summed E-state index contributed by atoms with van der Waals surface area (Å²) in [5, 5.41) is 22.8. The van der Waals surface area contributed by atoms with Gasteiger partial charge in [-0.25, -0.2) is 4.98 Å². The summed E-state index contributed by atoms with van der Waals surface area (Å²) >= 11 is 0. The number of pyridine rings is 1. The molecule has 20 heavy (non-hydrogen) atoms. The van der Waals surface area contributed by atoms with E-state index in [-0.39, 0.29) is 17.1 Å². The lowest BCUT2D eigenvalue weighted by molar-refractivity contribution is -0.384. The summed E-state index contributed by atoms with van der Waals surface area (Å²) in [6, 6.07) is 10.2. The van der Waals surface area contributed by atoms with E-state index in [1.54, 1.807) is 18.2 Å². The number of nitrogen functional groups attached to an aromatic ring is 1.